The number of carbonyl (C=O) groups excluding carboxylic acids is 6. The molecule has 0 aliphatic heterocycles. The van der Waals surface area contributed by atoms with Crippen LogP contribution in [0.25, 0.3) is 0 Å². The van der Waals surface area contributed by atoms with E-state index in [-0.39, 0.29) is 30.6 Å². The van der Waals surface area contributed by atoms with Crippen LogP contribution in [-0.2, 0) is 33.6 Å². The van der Waals surface area contributed by atoms with Crippen LogP contribution in [0.2, 0.25) is 0 Å². The minimum absolute atomic E-state index is 0.00728. The number of amides is 6. The third-order valence-corrected chi connectivity index (χ3v) is 7.43. The maximum Gasteiger partial charge on any atom is 0.326 e. The number of carbonyl (C=O) groups is 7. The fourth-order valence-electron chi connectivity index (χ4n) is 4.34. The molecule has 0 saturated carbocycles. The molecule has 0 aromatic heterocycles. The average molecular weight is 670 g/mol. The van der Waals surface area contributed by atoms with Gasteiger partial charge in [-0.2, -0.15) is 0 Å². The minimum atomic E-state index is -1.54. The summed E-state index contributed by atoms with van der Waals surface area (Å²) in [5.41, 5.74) is 4.32. The van der Waals surface area contributed by atoms with Gasteiger partial charge in [0, 0.05) is 0 Å². The van der Waals surface area contributed by atoms with Crippen molar-refractivity contribution in [1.29, 1.82) is 0 Å². The van der Waals surface area contributed by atoms with E-state index in [0.717, 1.165) is 0 Å². The standard InChI is InChI=1S/C32H59N7O8/c1-15(2)13-21(36-25(40)19(9)34-28(43)23(33)17(5)6)27(42)39-32(11,12)31(47)38-24(18(7)8)29(44)35-20(10)26(41)37-22(30(45)46)14-16(3)4/h15-24H,13-14,33H2,1-12H3,(H,34,43)(H,35,44)(H,36,40)(H,37,41)(H,38,47)(H,39,42)(H,45,46)/t19-,20-,21-,22-,23-,24-/m0/s1. The van der Waals surface area contributed by atoms with Gasteiger partial charge in [0.2, 0.25) is 35.4 Å². The molecule has 9 N–H and O–H groups in total. The molecule has 0 bridgehead atoms. The molecule has 0 rings (SSSR count). The quantitative estimate of drug-likeness (QED) is 0.0934. The number of carboxylic acid groups (broad SMARTS) is 1. The van der Waals surface area contributed by atoms with E-state index in [4.69, 9.17) is 5.73 Å². The van der Waals surface area contributed by atoms with E-state index in [9.17, 15) is 38.7 Å². The minimum Gasteiger partial charge on any atom is -0.480 e. The monoisotopic (exact) mass is 669 g/mol. The number of nitrogens with two attached hydrogens (primary N) is 1. The summed E-state index contributed by atoms with van der Waals surface area (Å²) < 4.78 is 0. The van der Waals surface area contributed by atoms with Crippen LogP contribution < -0.4 is 37.6 Å². The molecule has 0 saturated heterocycles. The van der Waals surface area contributed by atoms with E-state index in [0.29, 0.717) is 0 Å². The fourth-order valence-corrected chi connectivity index (χ4v) is 4.34. The van der Waals surface area contributed by atoms with Gasteiger partial charge in [0.05, 0.1) is 6.04 Å². The highest BCUT2D eigenvalue weighted by atomic mass is 16.4. The van der Waals surface area contributed by atoms with Crippen molar-refractivity contribution in [3.05, 3.63) is 0 Å². The summed E-state index contributed by atoms with van der Waals surface area (Å²) in [5.74, 6) is -5.59. The van der Waals surface area contributed by atoms with E-state index < -0.39 is 89.1 Å². The first-order valence-electron chi connectivity index (χ1n) is 16.2. The van der Waals surface area contributed by atoms with Crippen LogP contribution in [0.4, 0.5) is 0 Å². The van der Waals surface area contributed by atoms with Crippen molar-refractivity contribution in [2.75, 3.05) is 0 Å². The van der Waals surface area contributed by atoms with Crippen molar-refractivity contribution in [1.82, 2.24) is 31.9 Å². The molecule has 0 radical (unpaired) electrons. The van der Waals surface area contributed by atoms with Gasteiger partial charge in [0.25, 0.3) is 0 Å². The number of aliphatic carboxylic acids is 1. The summed E-state index contributed by atoms with van der Waals surface area (Å²) in [5, 5.41) is 24.8. The second kappa shape index (κ2) is 19.2. The van der Waals surface area contributed by atoms with Gasteiger partial charge in [-0.25, -0.2) is 4.79 Å². The smallest absolute Gasteiger partial charge is 0.326 e. The van der Waals surface area contributed by atoms with Gasteiger partial charge in [-0.1, -0.05) is 55.4 Å². The Kier molecular flexibility index (Phi) is 17.6. The normalized spacial score (nSPS) is 15.6. The van der Waals surface area contributed by atoms with Crippen molar-refractivity contribution in [2.45, 2.75) is 138 Å². The number of nitrogens with one attached hydrogen (secondary N) is 6. The van der Waals surface area contributed by atoms with E-state index in [1.54, 1.807) is 27.7 Å². The summed E-state index contributed by atoms with van der Waals surface area (Å²) in [7, 11) is 0. The molecule has 47 heavy (non-hydrogen) atoms. The molecule has 0 heterocycles. The first-order chi connectivity index (χ1) is 21.4. The van der Waals surface area contributed by atoms with Gasteiger partial charge in [-0.15, -0.1) is 0 Å². The Morgan fingerprint density at radius 2 is 1.00 bits per heavy atom. The zero-order valence-corrected chi connectivity index (χ0v) is 30.1. The van der Waals surface area contributed by atoms with E-state index in [1.165, 1.54) is 27.7 Å². The zero-order chi connectivity index (χ0) is 37.0. The predicted molar refractivity (Wildman–Crippen MR) is 177 cm³/mol. The van der Waals surface area contributed by atoms with Gasteiger partial charge in [0.15, 0.2) is 0 Å². The van der Waals surface area contributed by atoms with Crippen molar-refractivity contribution in [3.8, 4) is 0 Å². The SMILES string of the molecule is CC(C)C[C@H](NC(=O)[C@H](C)NC(=O)[C@@H](NC(=O)C(C)(C)NC(=O)[C@H](CC(C)C)NC(=O)[C@H](C)NC(=O)[C@@H](N)C(C)C)C(C)C)C(=O)O. The first-order valence-corrected chi connectivity index (χ1v) is 16.2. The highest BCUT2D eigenvalue weighted by Crippen LogP contribution is 2.12. The highest BCUT2D eigenvalue weighted by Gasteiger charge is 2.37. The Morgan fingerprint density at radius 1 is 0.574 bits per heavy atom. The predicted octanol–water partition coefficient (Wildman–Crippen LogP) is 0.161. The highest BCUT2D eigenvalue weighted by molar-refractivity contribution is 5.98. The molecule has 0 spiro atoms. The van der Waals surface area contributed by atoms with Gasteiger partial charge in [-0.05, 0) is 64.2 Å². The molecular formula is C32H59N7O8. The van der Waals surface area contributed by atoms with Gasteiger partial charge in [0.1, 0.15) is 35.7 Å². The average Bonchev–Trinajstić information content (AvgIpc) is 2.92. The molecule has 0 unspecified atom stereocenters. The molecule has 0 aliphatic carbocycles. The summed E-state index contributed by atoms with van der Waals surface area (Å²) in [6, 6.07) is -6.16. The molecule has 15 heteroatoms. The lowest BCUT2D eigenvalue weighted by atomic mass is 9.97. The maximum atomic E-state index is 13.4. The van der Waals surface area contributed by atoms with Crippen LogP contribution in [0.15, 0.2) is 0 Å². The Balaban J connectivity index is 5.61. The third kappa shape index (κ3) is 15.1. The van der Waals surface area contributed by atoms with Gasteiger partial charge >= 0.3 is 5.97 Å². The lowest BCUT2D eigenvalue weighted by molar-refractivity contribution is -0.142. The Morgan fingerprint density at radius 3 is 1.40 bits per heavy atom. The second-order valence-electron chi connectivity index (χ2n) is 14.3. The maximum absolute atomic E-state index is 13.4. The Bertz CT molecular complexity index is 1120. The molecular weight excluding hydrogens is 610 g/mol. The number of rotatable bonds is 19. The molecule has 0 aromatic carbocycles. The second-order valence-corrected chi connectivity index (χ2v) is 14.3. The molecule has 6 amide bonds. The zero-order valence-electron chi connectivity index (χ0n) is 30.1. The third-order valence-electron chi connectivity index (χ3n) is 7.43. The largest absolute Gasteiger partial charge is 0.480 e. The number of carboxylic acids is 1. The Labute approximate surface area is 279 Å². The Hall–Kier alpha value is -3.75. The van der Waals surface area contributed by atoms with Gasteiger partial charge < -0.3 is 42.7 Å². The lowest BCUT2D eigenvalue weighted by Gasteiger charge is -2.32. The molecule has 6 atom stereocenters. The molecule has 0 aromatic rings. The van der Waals surface area contributed by atoms with Crippen molar-refractivity contribution in [3.63, 3.8) is 0 Å². The molecule has 15 nitrogen and oxygen atoms in total. The number of hydrogen-bond acceptors (Lipinski definition) is 8. The van der Waals surface area contributed by atoms with Crippen LogP contribution in [0, 0.1) is 23.7 Å². The van der Waals surface area contributed by atoms with Crippen LogP contribution in [0.1, 0.15) is 95.9 Å². The van der Waals surface area contributed by atoms with Crippen LogP contribution >= 0.6 is 0 Å². The van der Waals surface area contributed by atoms with Crippen LogP contribution in [-0.4, -0.2) is 88.3 Å². The first kappa shape index (κ1) is 43.2. The fraction of sp³-hybridized carbons (Fsp3) is 0.781. The number of hydrogen-bond donors (Lipinski definition) is 8. The van der Waals surface area contributed by atoms with E-state index >= 15 is 0 Å². The lowest BCUT2D eigenvalue weighted by Crippen LogP contribution is -2.63. The van der Waals surface area contributed by atoms with Crippen LogP contribution in [0.3, 0.4) is 0 Å². The summed E-state index contributed by atoms with van der Waals surface area (Å²) in [6.07, 6.45) is 0.440. The molecule has 270 valence electrons. The molecule has 0 fully saturated rings. The topological polar surface area (TPSA) is 238 Å². The summed E-state index contributed by atoms with van der Waals surface area (Å²) >= 11 is 0. The molecule has 0 aliphatic rings. The van der Waals surface area contributed by atoms with Crippen LogP contribution in [0.5, 0.6) is 0 Å². The summed E-state index contributed by atoms with van der Waals surface area (Å²) in [4.78, 5) is 89.3. The van der Waals surface area contributed by atoms with Gasteiger partial charge in [-0.3, -0.25) is 28.8 Å². The van der Waals surface area contributed by atoms with Crippen molar-refractivity contribution >= 4 is 41.4 Å². The van der Waals surface area contributed by atoms with Crippen molar-refractivity contribution in [2.24, 2.45) is 29.4 Å². The van der Waals surface area contributed by atoms with Crippen molar-refractivity contribution < 1.29 is 38.7 Å². The van der Waals surface area contributed by atoms with E-state index in [1.807, 2.05) is 27.7 Å². The van der Waals surface area contributed by atoms with E-state index in [2.05, 4.69) is 31.9 Å². The summed E-state index contributed by atoms with van der Waals surface area (Å²) in [6.45, 7) is 20.0.